The number of rotatable bonds is 3. The molecule has 0 atom stereocenters. The molecule has 0 aliphatic rings. The fourth-order valence-corrected chi connectivity index (χ4v) is 1.93. The molecule has 0 aromatic carbocycles. The second kappa shape index (κ2) is 5.36. The Morgan fingerprint density at radius 2 is 2.00 bits per heavy atom. The van der Waals surface area contributed by atoms with Crippen molar-refractivity contribution in [3.05, 3.63) is 23.4 Å². The lowest BCUT2D eigenvalue weighted by molar-refractivity contribution is 0.874. The van der Waals surface area contributed by atoms with Gasteiger partial charge in [-0.15, -0.1) is 0 Å². The van der Waals surface area contributed by atoms with E-state index in [2.05, 4.69) is 19.9 Å². The Morgan fingerprint density at radius 3 is 2.61 bits per heavy atom. The maximum absolute atomic E-state index is 5.77. The van der Waals surface area contributed by atoms with Crippen molar-refractivity contribution in [3.63, 3.8) is 0 Å². The van der Waals surface area contributed by atoms with Crippen molar-refractivity contribution in [1.82, 2.24) is 19.9 Å². The minimum absolute atomic E-state index is 0.185. The Hall–Kier alpha value is -1.60. The van der Waals surface area contributed by atoms with Crippen LogP contribution in [0.25, 0.3) is 0 Å². The van der Waals surface area contributed by atoms with E-state index in [0.717, 1.165) is 5.03 Å². The molecule has 2 aromatic rings. The van der Waals surface area contributed by atoms with Gasteiger partial charge in [0.05, 0.1) is 5.02 Å². The minimum Gasteiger partial charge on any atom is -0.368 e. The van der Waals surface area contributed by atoms with Crippen LogP contribution in [0.1, 0.15) is 0 Å². The fourth-order valence-electron chi connectivity index (χ4n) is 1.12. The molecule has 2 heterocycles. The molecule has 2 rings (SSSR count). The first-order chi connectivity index (χ1) is 8.54. The van der Waals surface area contributed by atoms with Gasteiger partial charge in [-0.1, -0.05) is 11.6 Å². The molecule has 0 bridgehead atoms. The number of anilines is 2. The summed E-state index contributed by atoms with van der Waals surface area (Å²) in [4.78, 5) is 18.2. The Balaban J connectivity index is 2.26. The number of halogens is 1. The predicted molar refractivity (Wildman–Crippen MR) is 71.9 cm³/mol. The van der Waals surface area contributed by atoms with Crippen LogP contribution in [0.15, 0.2) is 28.5 Å². The highest BCUT2D eigenvalue weighted by Crippen LogP contribution is 2.24. The number of aromatic nitrogens is 4. The van der Waals surface area contributed by atoms with E-state index in [1.807, 2.05) is 14.1 Å². The van der Waals surface area contributed by atoms with Crippen LogP contribution in [0.3, 0.4) is 0 Å². The summed E-state index contributed by atoms with van der Waals surface area (Å²) in [7, 11) is 3.67. The van der Waals surface area contributed by atoms with E-state index in [0.29, 0.717) is 16.1 Å². The van der Waals surface area contributed by atoms with Gasteiger partial charge >= 0.3 is 0 Å². The first kappa shape index (κ1) is 12.8. The molecule has 0 fully saturated rings. The molecule has 0 radical (unpaired) electrons. The van der Waals surface area contributed by atoms with Crippen molar-refractivity contribution in [2.75, 3.05) is 24.7 Å². The van der Waals surface area contributed by atoms with E-state index in [9.17, 15) is 0 Å². The molecule has 18 heavy (non-hydrogen) atoms. The lowest BCUT2D eigenvalue weighted by Crippen LogP contribution is -2.15. The van der Waals surface area contributed by atoms with Crippen LogP contribution in [-0.4, -0.2) is 34.0 Å². The quantitative estimate of drug-likeness (QED) is 0.918. The third kappa shape index (κ3) is 3.21. The molecular formula is C10H11ClN6S. The van der Waals surface area contributed by atoms with E-state index in [4.69, 9.17) is 17.3 Å². The molecule has 2 N–H and O–H groups in total. The Morgan fingerprint density at radius 1 is 1.22 bits per heavy atom. The van der Waals surface area contributed by atoms with Gasteiger partial charge in [0, 0.05) is 20.3 Å². The highest BCUT2D eigenvalue weighted by molar-refractivity contribution is 7.99. The van der Waals surface area contributed by atoms with Crippen LogP contribution in [-0.2, 0) is 0 Å². The van der Waals surface area contributed by atoms with Gasteiger partial charge in [-0.2, -0.15) is 15.0 Å². The molecule has 0 saturated heterocycles. The number of pyridine rings is 1. The number of hydrogen-bond acceptors (Lipinski definition) is 7. The molecule has 0 aliphatic carbocycles. The van der Waals surface area contributed by atoms with E-state index in [-0.39, 0.29) is 5.95 Å². The zero-order chi connectivity index (χ0) is 13.1. The Bertz CT molecular complexity index is 545. The Labute approximate surface area is 114 Å². The molecule has 0 spiro atoms. The van der Waals surface area contributed by atoms with Crippen LogP contribution in [0.5, 0.6) is 0 Å². The van der Waals surface area contributed by atoms with Crippen LogP contribution in [0.4, 0.5) is 11.9 Å². The van der Waals surface area contributed by atoms with Gasteiger partial charge < -0.3 is 10.6 Å². The number of hydrogen-bond donors (Lipinski definition) is 1. The SMILES string of the molecule is CN(C)c1nc(N)nc(Sc2ccc(Cl)cn2)n1. The normalized spacial score (nSPS) is 10.4. The van der Waals surface area contributed by atoms with Crippen molar-refractivity contribution in [2.45, 2.75) is 10.2 Å². The molecule has 0 aliphatic heterocycles. The summed E-state index contributed by atoms with van der Waals surface area (Å²) in [6.07, 6.45) is 1.57. The van der Waals surface area contributed by atoms with Gasteiger partial charge in [-0.3, -0.25) is 0 Å². The monoisotopic (exact) mass is 282 g/mol. The molecule has 0 amide bonds. The number of nitrogen functional groups attached to an aromatic ring is 1. The van der Waals surface area contributed by atoms with Crippen LogP contribution in [0.2, 0.25) is 5.02 Å². The average molecular weight is 283 g/mol. The first-order valence-corrected chi connectivity index (χ1v) is 6.22. The van der Waals surface area contributed by atoms with E-state index in [1.165, 1.54) is 11.8 Å². The zero-order valence-electron chi connectivity index (χ0n) is 9.83. The van der Waals surface area contributed by atoms with E-state index in [1.54, 1.807) is 23.2 Å². The summed E-state index contributed by atoms with van der Waals surface area (Å²) in [5, 5.41) is 1.83. The summed E-state index contributed by atoms with van der Waals surface area (Å²) >= 11 is 7.07. The number of nitrogens with zero attached hydrogens (tertiary/aromatic N) is 5. The van der Waals surface area contributed by atoms with E-state index >= 15 is 0 Å². The molecule has 6 nitrogen and oxygen atoms in total. The second-order valence-electron chi connectivity index (χ2n) is 3.59. The largest absolute Gasteiger partial charge is 0.368 e. The summed E-state index contributed by atoms with van der Waals surface area (Å²) in [5.41, 5.74) is 5.63. The lowest BCUT2D eigenvalue weighted by Gasteiger charge is -2.10. The molecule has 8 heteroatoms. The van der Waals surface area contributed by atoms with Gasteiger partial charge in [0.25, 0.3) is 0 Å². The minimum atomic E-state index is 0.185. The summed E-state index contributed by atoms with van der Waals surface area (Å²) < 4.78 is 0. The summed E-state index contributed by atoms with van der Waals surface area (Å²) in [5.74, 6) is 0.698. The summed E-state index contributed by atoms with van der Waals surface area (Å²) in [6, 6.07) is 3.55. The van der Waals surface area contributed by atoms with Gasteiger partial charge in [0.15, 0.2) is 0 Å². The third-order valence-electron chi connectivity index (χ3n) is 1.92. The molecule has 0 saturated carbocycles. The highest BCUT2D eigenvalue weighted by Gasteiger charge is 2.08. The second-order valence-corrected chi connectivity index (χ2v) is 5.01. The van der Waals surface area contributed by atoms with Crippen LogP contribution >= 0.6 is 23.4 Å². The van der Waals surface area contributed by atoms with Crippen molar-refractivity contribution in [1.29, 1.82) is 0 Å². The van der Waals surface area contributed by atoms with Gasteiger partial charge in [0.1, 0.15) is 5.03 Å². The molecule has 0 unspecified atom stereocenters. The van der Waals surface area contributed by atoms with Gasteiger partial charge in [0.2, 0.25) is 17.1 Å². The maximum Gasteiger partial charge on any atom is 0.230 e. The molecular weight excluding hydrogens is 272 g/mol. The zero-order valence-corrected chi connectivity index (χ0v) is 11.4. The topological polar surface area (TPSA) is 80.8 Å². The molecule has 94 valence electrons. The van der Waals surface area contributed by atoms with Gasteiger partial charge in [-0.05, 0) is 23.9 Å². The van der Waals surface area contributed by atoms with Crippen LogP contribution < -0.4 is 10.6 Å². The Kier molecular flexibility index (Phi) is 3.83. The predicted octanol–water partition coefficient (Wildman–Crippen LogP) is 1.72. The highest BCUT2D eigenvalue weighted by atomic mass is 35.5. The van der Waals surface area contributed by atoms with Crippen molar-refractivity contribution < 1.29 is 0 Å². The standard InChI is InChI=1S/C10H11ClN6S/c1-17(2)9-14-8(12)15-10(16-9)18-7-4-3-6(11)5-13-7/h3-5H,1-2H3,(H2,12,14,15,16). The fraction of sp³-hybridized carbons (Fsp3) is 0.200. The van der Waals surface area contributed by atoms with Crippen molar-refractivity contribution in [3.8, 4) is 0 Å². The third-order valence-corrected chi connectivity index (χ3v) is 2.96. The van der Waals surface area contributed by atoms with Gasteiger partial charge in [-0.25, -0.2) is 4.98 Å². The molecule has 2 aromatic heterocycles. The first-order valence-electron chi connectivity index (χ1n) is 5.03. The van der Waals surface area contributed by atoms with E-state index < -0.39 is 0 Å². The smallest absolute Gasteiger partial charge is 0.230 e. The maximum atomic E-state index is 5.77. The van der Waals surface area contributed by atoms with Crippen LogP contribution in [0, 0.1) is 0 Å². The average Bonchev–Trinajstić information content (AvgIpc) is 2.31. The van der Waals surface area contributed by atoms with Crippen molar-refractivity contribution >= 4 is 35.3 Å². The number of nitrogens with two attached hydrogens (primary N) is 1. The lowest BCUT2D eigenvalue weighted by atomic mass is 10.5. The summed E-state index contributed by atoms with van der Waals surface area (Å²) in [6.45, 7) is 0. The van der Waals surface area contributed by atoms with Crippen molar-refractivity contribution in [2.24, 2.45) is 0 Å².